The highest BCUT2D eigenvalue weighted by Gasteiger charge is 2.24. The van der Waals surface area contributed by atoms with E-state index in [1.54, 1.807) is 32.0 Å². The Labute approximate surface area is 154 Å². The average Bonchev–Trinajstić information content (AvgIpc) is 2.66. The fraction of sp³-hybridized carbons (Fsp3) is 0.263. The lowest BCUT2D eigenvalue weighted by Crippen LogP contribution is -2.32. The van der Waals surface area contributed by atoms with Crippen molar-refractivity contribution in [1.82, 2.24) is 0 Å². The third kappa shape index (κ3) is 4.98. The quantitative estimate of drug-likeness (QED) is 0.749. The summed E-state index contributed by atoms with van der Waals surface area (Å²) in [4.78, 5) is 25.2. The van der Waals surface area contributed by atoms with Crippen LogP contribution < -0.4 is 5.32 Å². The number of amides is 1. The number of nitrogens with one attached hydrogen (secondary N) is 1. The summed E-state index contributed by atoms with van der Waals surface area (Å²) < 4.78 is 30.3. The van der Waals surface area contributed by atoms with E-state index in [4.69, 9.17) is 4.74 Å². The SMILES string of the molecule is CCC(OC(=O)c1ccccc1S(=O)CC)C(=O)Nc1ccc(F)cc1. The first-order chi connectivity index (χ1) is 12.5. The summed E-state index contributed by atoms with van der Waals surface area (Å²) in [5.41, 5.74) is 0.583. The monoisotopic (exact) mass is 377 g/mol. The number of ether oxygens (including phenoxy) is 1. The molecule has 2 unspecified atom stereocenters. The molecule has 0 radical (unpaired) electrons. The summed E-state index contributed by atoms with van der Waals surface area (Å²) in [6.45, 7) is 3.46. The van der Waals surface area contributed by atoms with Crippen molar-refractivity contribution in [3.8, 4) is 0 Å². The minimum absolute atomic E-state index is 0.181. The van der Waals surface area contributed by atoms with E-state index >= 15 is 0 Å². The van der Waals surface area contributed by atoms with Gasteiger partial charge in [0.1, 0.15) is 5.82 Å². The van der Waals surface area contributed by atoms with Gasteiger partial charge in [0.15, 0.2) is 6.10 Å². The molecule has 0 spiro atoms. The van der Waals surface area contributed by atoms with Crippen LogP contribution in [0.3, 0.4) is 0 Å². The largest absolute Gasteiger partial charge is 0.449 e. The van der Waals surface area contributed by atoms with Gasteiger partial charge in [-0.05, 0) is 42.8 Å². The second-order valence-electron chi connectivity index (χ2n) is 5.43. The van der Waals surface area contributed by atoms with Crippen molar-refractivity contribution < 1.29 is 22.9 Å². The molecule has 26 heavy (non-hydrogen) atoms. The number of rotatable bonds is 7. The van der Waals surface area contributed by atoms with Gasteiger partial charge in [0.25, 0.3) is 5.91 Å². The van der Waals surface area contributed by atoms with Crippen molar-refractivity contribution in [2.24, 2.45) is 0 Å². The van der Waals surface area contributed by atoms with E-state index in [1.165, 1.54) is 30.3 Å². The first kappa shape index (κ1) is 19.8. The van der Waals surface area contributed by atoms with Crippen LogP contribution in [0.25, 0.3) is 0 Å². The Morgan fingerprint density at radius 3 is 2.38 bits per heavy atom. The molecule has 0 bridgehead atoms. The van der Waals surface area contributed by atoms with Gasteiger partial charge in [-0.2, -0.15) is 0 Å². The molecule has 0 saturated heterocycles. The Morgan fingerprint density at radius 1 is 1.12 bits per heavy atom. The first-order valence-corrected chi connectivity index (χ1v) is 9.53. The van der Waals surface area contributed by atoms with Crippen LogP contribution in [0.4, 0.5) is 10.1 Å². The third-order valence-electron chi connectivity index (χ3n) is 3.64. The van der Waals surface area contributed by atoms with E-state index in [1.807, 2.05) is 0 Å². The van der Waals surface area contributed by atoms with E-state index in [9.17, 15) is 18.2 Å². The number of hydrogen-bond donors (Lipinski definition) is 1. The highest BCUT2D eigenvalue weighted by atomic mass is 32.2. The van der Waals surface area contributed by atoms with Crippen LogP contribution in [0.1, 0.15) is 30.6 Å². The molecule has 0 heterocycles. The topological polar surface area (TPSA) is 72.5 Å². The Bertz CT molecular complexity index is 807. The minimum atomic E-state index is -1.32. The number of carbonyl (C=O) groups is 2. The second-order valence-corrected chi connectivity index (χ2v) is 7.14. The smallest absolute Gasteiger partial charge is 0.340 e. The maximum Gasteiger partial charge on any atom is 0.340 e. The molecule has 0 fully saturated rings. The summed E-state index contributed by atoms with van der Waals surface area (Å²) >= 11 is 0. The summed E-state index contributed by atoms with van der Waals surface area (Å²) in [5, 5.41) is 2.58. The molecule has 1 N–H and O–H groups in total. The highest BCUT2D eigenvalue weighted by Crippen LogP contribution is 2.17. The highest BCUT2D eigenvalue weighted by molar-refractivity contribution is 7.85. The Kier molecular flexibility index (Phi) is 7.03. The summed E-state index contributed by atoms with van der Waals surface area (Å²) in [7, 11) is -1.32. The van der Waals surface area contributed by atoms with Crippen LogP contribution in [0.15, 0.2) is 53.4 Å². The van der Waals surface area contributed by atoms with Gasteiger partial charge in [0, 0.05) is 11.4 Å². The zero-order chi connectivity index (χ0) is 19.1. The van der Waals surface area contributed by atoms with Gasteiger partial charge in [-0.15, -0.1) is 0 Å². The molecule has 1 amide bonds. The molecular formula is C19H20FNO4S. The lowest BCUT2D eigenvalue weighted by Gasteiger charge is -2.17. The Balaban J connectivity index is 2.12. The molecule has 2 rings (SSSR count). The summed E-state index contributed by atoms with van der Waals surface area (Å²) in [5.74, 6) is -1.26. The predicted molar refractivity (Wildman–Crippen MR) is 97.9 cm³/mol. The third-order valence-corrected chi connectivity index (χ3v) is 5.01. The number of halogens is 1. The Hall–Kier alpha value is -2.54. The van der Waals surface area contributed by atoms with Gasteiger partial charge in [-0.1, -0.05) is 26.0 Å². The van der Waals surface area contributed by atoms with E-state index in [-0.39, 0.29) is 12.0 Å². The van der Waals surface area contributed by atoms with Crippen molar-refractivity contribution in [1.29, 1.82) is 0 Å². The van der Waals surface area contributed by atoms with Crippen molar-refractivity contribution in [2.75, 3.05) is 11.1 Å². The van der Waals surface area contributed by atoms with Crippen LogP contribution in [0.5, 0.6) is 0 Å². The molecule has 0 aliphatic rings. The standard InChI is InChI=1S/C19H20FNO4S/c1-3-16(18(22)21-14-11-9-13(20)10-12-14)25-19(23)15-7-5-6-8-17(15)26(24)4-2/h5-12,16H,3-4H2,1-2H3,(H,21,22). The van der Waals surface area contributed by atoms with Gasteiger partial charge in [0.05, 0.1) is 21.3 Å². The zero-order valence-electron chi connectivity index (χ0n) is 14.5. The number of anilines is 1. The maximum atomic E-state index is 12.9. The molecule has 138 valence electrons. The number of carbonyl (C=O) groups excluding carboxylic acids is 2. The van der Waals surface area contributed by atoms with Crippen LogP contribution in [0.2, 0.25) is 0 Å². The first-order valence-electron chi connectivity index (χ1n) is 8.21. The van der Waals surface area contributed by atoms with Crippen molar-refractivity contribution in [3.05, 3.63) is 59.9 Å². The van der Waals surface area contributed by atoms with Gasteiger partial charge in [-0.3, -0.25) is 9.00 Å². The zero-order valence-corrected chi connectivity index (χ0v) is 15.3. The molecule has 2 aromatic rings. The second kappa shape index (κ2) is 9.24. The molecule has 2 atom stereocenters. The van der Waals surface area contributed by atoms with E-state index in [0.29, 0.717) is 16.3 Å². The number of hydrogen-bond acceptors (Lipinski definition) is 4. The fourth-order valence-corrected chi connectivity index (χ4v) is 3.20. The van der Waals surface area contributed by atoms with E-state index < -0.39 is 34.6 Å². The van der Waals surface area contributed by atoms with Gasteiger partial charge < -0.3 is 10.1 Å². The molecule has 7 heteroatoms. The fourth-order valence-electron chi connectivity index (χ4n) is 2.26. The van der Waals surface area contributed by atoms with Crippen LogP contribution in [-0.4, -0.2) is 27.9 Å². The van der Waals surface area contributed by atoms with Crippen LogP contribution in [0, 0.1) is 5.82 Å². The van der Waals surface area contributed by atoms with Crippen LogP contribution >= 0.6 is 0 Å². The number of benzene rings is 2. The lowest BCUT2D eigenvalue weighted by molar-refractivity contribution is -0.124. The maximum absolute atomic E-state index is 12.9. The van der Waals surface area contributed by atoms with Gasteiger partial charge in [-0.25, -0.2) is 9.18 Å². The van der Waals surface area contributed by atoms with Crippen molar-refractivity contribution in [2.45, 2.75) is 31.3 Å². The molecule has 0 aliphatic heterocycles. The molecule has 0 aromatic heterocycles. The molecule has 0 saturated carbocycles. The molecule has 5 nitrogen and oxygen atoms in total. The van der Waals surface area contributed by atoms with E-state index in [2.05, 4.69) is 5.32 Å². The van der Waals surface area contributed by atoms with Crippen molar-refractivity contribution in [3.63, 3.8) is 0 Å². The molecule has 2 aromatic carbocycles. The lowest BCUT2D eigenvalue weighted by atomic mass is 10.2. The Morgan fingerprint density at radius 2 is 1.77 bits per heavy atom. The average molecular weight is 377 g/mol. The normalized spacial score (nSPS) is 12.9. The van der Waals surface area contributed by atoms with Crippen LogP contribution in [-0.2, 0) is 20.3 Å². The molecule has 0 aliphatic carbocycles. The predicted octanol–water partition coefficient (Wildman–Crippen LogP) is 3.53. The van der Waals surface area contributed by atoms with Crippen molar-refractivity contribution >= 4 is 28.4 Å². The van der Waals surface area contributed by atoms with Gasteiger partial charge >= 0.3 is 5.97 Å². The summed E-state index contributed by atoms with van der Waals surface area (Å²) in [6, 6.07) is 11.7. The van der Waals surface area contributed by atoms with E-state index in [0.717, 1.165) is 0 Å². The number of esters is 1. The minimum Gasteiger partial charge on any atom is -0.449 e. The molecular weight excluding hydrogens is 357 g/mol. The summed E-state index contributed by atoms with van der Waals surface area (Å²) in [6.07, 6.45) is -0.756. The van der Waals surface area contributed by atoms with Gasteiger partial charge in [0.2, 0.25) is 0 Å².